The van der Waals surface area contributed by atoms with Gasteiger partial charge in [-0.25, -0.2) is 0 Å². The highest BCUT2D eigenvalue weighted by atomic mass is 16.5. The van der Waals surface area contributed by atoms with E-state index in [-0.39, 0.29) is 5.91 Å². The van der Waals surface area contributed by atoms with E-state index in [1.807, 2.05) is 26.0 Å². The standard InChI is InChI=1S/C20H23NO3/c1-5-10-23-18-8-6-17(7-9-18)21-20(22)16(4)24-19-12-14(2)11-15(3)13-19/h5-9,11-13,16H,1,10H2,2-4H3,(H,21,22)/t16-/m0/s1. The first-order valence-electron chi connectivity index (χ1n) is 7.87. The third-order valence-corrected chi connectivity index (χ3v) is 3.37. The lowest BCUT2D eigenvalue weighted by Crippen LogP contribution is -2.30. The van der Waals surface area contributed by atoms with Gasteiger partial charge in [0.2, 0.25) is 0 Å². The zero-order valence-electron chi connectivity index (χ0n) is 14.3. The summed E-state index contributed by atoms with van der Waals surface area (Å²) in [4.78, 5) is 12.3. The van der Waals surface area contributed by atoms with Crippen molar-refractivity contribution in [1.82, 2.24) is 0 Å². The van der Waals surface area contributed by atoms with Gasteiger partial charge in [0.15, 0.2) is 6.10 Å². The molecule has 0 radical (unpaired) electrons. The number of amides is 1. The van der Waals surface area contributed by atoms with Crippen LogP contribution in [-0.2, 0) is 4.79 Å². The Morgan fingerprint density at radius 3 is 2.33 bits per heavy atom. The van der Waals surface area contributed by atoms with E-state index in [0.29, 0.717) is 18.0 Å². The summed E-state index contributed by atoms with van der Waals surface area (Å²) in [6, 6.07) is 13.1. The number of aryl methyl sites for hydroxylation is 2. The second-order valence-electron chi connectivity index (χ2n) is 5.70. The smallest absolute Gasteiger partial charge is 0.265 e. The van der Waals surface area contributed by atoms with Gasteiger partial charge in [-0.2, -0.15) is 0 Å². The van der Waals surface area contributed by atoms with Crippen LogP contribution in [0.1, 0.15) is 18.1 Å². The van der Waals surface area contributed by atoms with Crippen LogP contribution in [-0.4, -0.2) is 18.6 Å². The molecule has 2 aromatic rings. The second-order valence-corrected chi connectivity index (χ2v) is 5.70. The number of rotatable bonds is 7. The Morgan fingerprint density at radius 1 is 1.12 bits per heavy atom. The number of carbonyl (C=O) groups is 1. The molecular weight excluding hydrogens is 302 g/mol. The highest BCUT2D eigenvalue weighted by Crippen LogP contribution is 2.19. The predicted molar refractivity (Wildman–Crippen MR) is 96.8 cm³/mol. The van der Waals surface area contributed by atoms with Crippen molar-refractivity contribution in [3.8, 4) is 11.5 Å². The molecular formula is C20H23NO3. The molecule has 0 saturated heterocycles. The highest BCUT2D eigenvalue weighted by molar-refractivity contribution is 5.94. The lowest BCUT2D eigenvalue weighted by molar-refractivity contribution is -0.122. The molecule has 0 spiro atoms. The molecule has 0 aliphatic carbocycles. The van der Waals surface area contributed by atoms with E-state index in [1.165, 1.54) is 0 Å². The fourth-order valence-electron chi connectivity index (χ4n) is 2.29. The summed E-state index contributed by atoms with van der Waals surface area (Å²) in [5, 5.41) is 2.83. The fraction of sp³-hybridized carbons (Fsp3) is 0.250. The van der Waals surface area contributed by atoms with Gasteiger partial charge in [-0.1, -0.05) is 18.7 Å². The van der Waals surface area contributed by atoms with E-state index in [2.05, 4.69) is 18.0 Å². The average molecular weight is 325 g/mol. The molecule has 0 unspecified atom stereocenters. The van der Waals surface area contributed by atoms with Crippen molar-refractivity contribution in [1.29, 1.82) is 0 Å². The van der Waals surface area contributed by atoms with Gasteiger partial charge < -0.3 is 14.8 Å². The Labute approximate surface area is 143 Å². The number of hydrogen-bond acceptors (Lipinski definition) is 3. The number of anilines is 1. The maximum atomic E-state index is 12.3. The Bertz CT molecular complexity index is 687. The third kappa shape index (κ3) is 5.16. The van der Waals surface area contributed by atoms with Crippen LogP contribution in [0.2, 0.25) is 0 Å². The monoisotopic (exact) mass is 325 g/mol. The molecule has 0 fully saturated rings. The minimum Gasteiger partial charge on any atom is -0.490 e. The number of benzene rings is 2. The van der Waals surface area contributed by atoms with Gasteiger partial charge in [0.1, 0.15) is 18.1 Å². The van der Waals surface area contributed by atoms with E-state index in [4.69, 9.17) is 9.47 Å². The summed E-state index contributed by atoms with van der Waals surface area (Å²) in [5.74, 6) is 1.23. The Balaban J connectivity index is 1.94. The molecule has 0 heterocycles. The Kier molecular flexibility index (Phi) is 6.01. The van der Waals surface area contributed by atoms with Gasteiger partial charge in [-0.05, 0) is 68.3 Å². The molecule has 4 nitrogen and oxygen atoms in total. The van der Waals surface area contributed by atoms with E-state index in [9.17, 15) is 4.79 Å². The topological polar surface area (TPSA) is 47.6 Å². The molecule has 0 aromatic heterocycles. The lowest BCUT2D eigenvalue weighted by atomic mass is 10.1. The SMILES string of the molecule is C=CCOc1ccc(NC(=O)[C@H](C)Oc2cc(C)cc(C)c2)cc1. The summed E-state index contributed by atoms with van der Waals surface area (Å²) in [7, 11) is 0. The Hall–Kier alpha value is -2.75. The minimum atomic E-state index is -0.595. The number of hydrogen-bond donors (Lipinski definition) is 1. The van der Waals surface area contributed by atoms with Crippen molar-refractivity contribution < 1.29 is 14.3 Å². The highest BCUT2D eigenvalue weighted by Gasteiger charge is 2.15. The van der Waals surface area contributed by atoms with E-state index < -0.39 is 6.10 Å². The molecule has 2 aromatic carbocycles. The molecule has 1 N–H and O–H groups in total. The van der Waals surface area contributed by atoms with Crippen LogP contribution < -0.4 is 14.8 Å². The zero-order valence-corrected chi connectivity index (χ0v) is 14.3. The molecule has 0 bridgehead atoms. The molecule has 0 aliphatic heterocycles. The largest absolute Gasteiger partial charge is 0.490 e. The van der Waals surface area contributed by atoms with Gasteiger partial charge >= 0.3 is 0 Å². The third-order valence-electron chi connectivity index (χ3n) is 3.37. The molecule has 24 heavy (non-hydrogen) atoms. The number of ether oxygens (including phenoxy) is 2. The van der Waals surface area contributed by atoms with Gasteiger partial charge in [0, 0.05) is 5.69 Å². The summed E-state index contributed by atoms with van der Waals surface area (Å²) in [6.07, 6.45) is 1.09. The van der Waals surface area contributed by atoms with Crippen LogP contribution in [0.25, 0.3) is 0 Å². The Morgan fingerprint density at radius 2 is 1.75 bits per heavy atom. The molecule has 0 saturated carbocycles. The summed E-state index contributed by atoms with van der Waals surface area (Å²) in [6.45, 7) is 9.78. The second kappa shape index (κ2) is 8.20. The number of carbonyl (C=O) groups excluding carboxylic acids is 1. The molecule has 1 amide bonds. The van der Waals surface area contributed by atoms with Crippen molar-refractivity contribution >= 4 is 11.6 Å². The molecule has 0 aliphatic rings. The maximum Gasteiger partial charge on any atom is 0.265 e. The van der Waals surface area contributed by atoms with Gasteiger partial charge in [0.05, 0.1) is 0 Å². The number of nitrogens with one attached hydrogen (secondary N) is 1. The predicted octanol–water partition coefficient (Wildman–Crippen LogP) is 4.27. The fourth-order valence-corrected chi connectivity index (χ4v) is 2.29. The minimum absolute atomic E-state index is 0.200. The summed E-state index contributed by atoms with van der Waals surface area (Å²) >= 11 is 0. The van der Waals surface area contributed by atoms with Gasteiger partial charge in [-0.15, -0.1) is 0 Å². The summed E-state index contributed by atoms with van der Waals surface area (Å²) < 4.78 is 11.1. The van der Waals surface area contributed by atoms with Crippen molar-refractivity contribution in [2.75, 3.05) is 11.9 Å². The molecule has 1 atom stereocenters. The molecule has 126 valence electrons. The maximum absolute atomic E-state index is 12.3. The van der Waals surface area contributed by atoms with Crippen LogP contribution >= 0.6 is 0 Å². The van der Waals surface area contributed by atoms with Crippen molar-refractivity contribution in [2.24, 2.45) is 0 Å². The van der Waals surface area contributed by atoms with Crippen molar-refractivity contribution in [3.63, 3.8) is 0 Å². The van der Waals surface area contributed by atoms with Crippen LogP contribution in [0.4, 0.5) is 5.69 Å². The first kappa shape index (κ1) is 17.6. The van der Waals surface area contributed by atoms with E-state index >= 15 is 0 Å². The zero-order chi connectivity index (χ0) is 17.5. The molecule has 4 heteroatoms. The van der Waals surface area contributed by atoms with Crippen LogP contribution in [0.15, 0.2) is 55.1 Å². The van der Waals surface area contributed by atoms with Crippen LogP contribution in [0.5, 0.6) is 11.5 Å². The molecule has 2 rings (SSSR count). The first-order valence-corrected chi connectivity index (χ1v) is 7.87. The van der Waals surface area contributed by atoms with Crippen molar-refractivity contribution in [2.45, 2.75) is 26.9 Å². The average Bonchev–Trinajstić information content (AvgIpc) is 2.53. The van der Waals surface area contributed by atoms with Gasteiger partial charge in [0.25, 0.3) is 5.91 Å². The first-order chi connectivity index (χ1) is 11.5. The lowest BCUT2D eigenvalue weighted by Gasteiger charge is -2.16. The van der Waals surface area contributed by atoms with E-state index in [0.717, 1.165) is 16.9 Å². The summed E-state index contributed by atoms with van der Waals surface area (Å²) in [5.41, 5.74) is 2.90. The van der Waals surface area contributed by atoms with Crippen molar-refractivity contribution in [3.05, 3.63) is 66.2 Å². The van der Waals surface area contributed by atoms with Gasteiger partial charge in [-0.3, -0.25) is 4.79 Å². The normalized spacial score (nSPS) is 11.5. The quantitative estimate of drug-likeness (QED) is 0.773. The van der Waals surface area contributed by atoms with Crippen LogP contribution in [0, 0.1) is 13.8 Å². The van der Waals surface area contributed by atoms with E-state index in [1.54, 1.807) is 37.3 Å². The van der Waals surface area contributed by atoms with Crippen LogP contribution in [0.3, 0.4) is 0 Å².